The van der Waals surface area contributed by atoms with Gasteiger partial charge in [-0.3, -0.25) is 0 Å². The van der Waals surface area contributed by atoms with Crippen LogP contribution in [0, 0.1) is 23.7 Å². The molecule has 0 bridgehead atoms. The van der Waals surface area contributed by atoms with Crippen LogP contribution in [0.4, 0.5) is 0 Å². The summed E-state index contributed by atoms with van der Waals surface area (Å²) in [5, 5.41) is 0. The van der Waals surface area contributed by atoms with E-state index in [1.807, 2.05) is 6.92 Å². The van der Waals surface area contributed by atoms with Crippen molar-refractivity contribution in [2.75, 3.05) is 0 Å². The fraction of sp³-hybridized carbons (Fsp3) is 0.818. The van der Waals surface area contributed by atoms with Gasteiger partial charge in [0.05, 0.1) is 0 Å². The Balaban J connectivity index is 2.27. The van der Waals surface area contributed by atoms with Crippen LogP contribution in [0.1, 0.15) is 39.5 Å². The number of hydrogen-bond acceptors (Lipinski definition) is 1. The Labute approximate surface area is 75.7 Å². The Morgan fingerprint density at radius 1 is 1.50 bits per heavy atom. The standard InChI is InChI=1S/C11H19N/c1-3-4-8-11(12)9(2)10-6-5-7-10/h9-11H,5-8,12H2,1-2H3. The van der Waals surface area contributed by atoms with E-state index in [-0.39, 0.29) is 0 Å². The maximum absolute atomic E-state index is 6.01. The van der Waals surface area contributed by atoms with Crippen LogP contribution >= 0.6 is 0 Å². The summed E-state index contributed by atoms with van der Waals surface area (Å²) in [6.07, 6.45) is 5.04. The molecule has 12 heavy (non-hydrogen) atoms. The molecule has 0 aromatic carbocycles. The second kappa shape index (κ2) is 4.52. The first-order chi connectivity index (χ1) is 5.75. The van der Waals surface area contributed by atoms with Gasteiger partial charge in [-0.25, -0.2) is 0 Å². The number of rotatable bonds is 3. The second-order valence-corrected chi connectivity index (χ2v) is 3.84. The molecule has 1 nitrogen and oxygen atoms in total. The highest BCUT2D eigenvalue weighted by atomic mass is 14.6. The van der Waals surface area contributed by atoms with Gasteiger partial charge in [0.15, 0.2) is 0 Å². The zero-order valence-corrected chi connectivity index (χ0v) is 8.14. The Morgan fingerprint density at radius 2 is 2.17 bits per heavy atom. The lowest BCUT2D eigenvalue weighted by atomic mass is 9.73. The Hall–Kier alpha value is -0.480. The van der Waals surface area contributed by atoms with E-state index in [1.54, 1.807) is 0 Å². The van der Waals surface area contributed by atoms with Crippen molar-refractivity contribution in [2.45, 2.75) is 45.6 Å². The van der Waals surface area contributed by atoms with E-state index in [0.717, 1.165) is 12.3 Å². The lowest BCUT2D eigenvalue weighted by Gasteiger charge is -2.34. The maximum atomic E-state index is 6.01. The van der Waals surface area contributed by atoms with E-state index in [4.69, 9.17) is 5.73 Å². The van der Waals surface area contributed by atoms with E-state index in [0.29, 0.717) is 12.0 Å². The molecule has 0 spiro atoms. The molecule has 1 aliphatic carbocycles. The third-order valence-corrected chi connectivity index (χ3v) is 3.08. The summed E-state index contributed by atoms with van der Waals surface area (Å²) in [4.78, 5) is 0. The zero-order chi connectivity index (χ0) is 8.97. The largest absolute Gasteiger partial charge is 0.327 e. The van der Waals surface area contributed by atoms with Gasteiger partial charge in [-0.05, 0) is 18.8 Å². The SMILES string of the molecule is CC#CCC(N)C(C)C1CCC1. The average Bonchev–Trinajstić information content (AvgIpc) is 1.96. The van der Waals surface area contributed by atoms with Gasteiger partial charge in [-0.15, -0.1) is 11.8 Å². The molecule has 1 aliphatic rings. The molecule has 1 saturated carbocycles. The van der Waals surface area contributed by atoms with Gasteiger partial charge in [-0.1, -0.05) is 26.2 Å². The molecular formula is C11H19N. The van der Waals surface area contributed by atoms with Crippen molar-refractivity contribution in [3.05, 3.63) is 0 Å². The van der Waals surface area contributed by atoms with E-state index < -0.39 is 0 Å². The predicted octanol–water partition coefficient (Wildman–Crippen LogP) is 2.16. The van der Waals surface area contributed by atoms with Crippen LogP contribution in [0.15, 0.2) is 0 Å². The summed E-state index contributed by atoms with van der Waals surface area (Å²) < 4.78 is 0. The highest BCUT2D eigenvalue weighted by molar-refractivity contribution is 4.99. The first-order valence-electron chi connectivity index (χ1n) is 4.91. The van der Waals surface area contributed by atoms with Crippen molar-refractivity contribution in [2.24, 2.45) is 17.6 Å². The van der Waals surface area contributed by atoms with Crippen LogP contribution in [0.2, 0.25) is 0 Å². The topological polar surface area (TPSA) is 26.0 Å². The average molecular weight is 165 g/mol. The predicted molar refractivity (Wildman–Crippen MR) is 52.5 cm³/mol. The molecule has 2 atom stereocenters. The number of nitrogens with two attached hydrogens (primary N) is 1. The van der Waals surface area contributed by atoms with Crippen molar-refractivity contribution in [3.63, 3.8) is 0 Å². The van der Waals surface area contributed by atoms with E-state index in [2.05, 4.69) is 18.8 Å². The van der Waals surface area contributed by atoms with Crippen LogP contribution in [-0.4, -0.2) is 6.04 Å². The molecule has 2 N–H and O–H groups in total. The Morgan fingerprint density at radius 3 is 2.58 bits per heavy atom. The van der Waals surface area contributed by atoms with Crippen LogP contribution in [0.5, 0.6) is 0 Å². The van der Waals surface area contributed by atoms with Crippen molar-refractivity contribution in [1.82, 2.24) is 0 Å². The van der Waals surface area contributed by atoms with Crippen LogP contribution in [-0.2, 0) is 0 Å². The van der Waals surface area contributed by atoms with Crippen molar-refractivity contribution >= 4 is 0 Å². The van der Waals surface area contributed by atoms with Gasteiger partial charge in [0.25, 0.3) is 0 Å². The maximum Gasteiger partial charge on any atom is 0.0243 e. The first-order valence-corrected chi connectivity index (χ1v) is 4.91. The molecule has 0 radical (unpaired) electrons. The smallest absolute Gasteiger partial charge is 0.0243 e. The monoisotopic (exact) mass is 165 g/mol. The van der Waals surface area contributed by atoms with Crippen LogP contribution < -0.4 is 5.73 Å². The van der Waals surface area contributed by atoms with Crippen molar-refractivity contribution in [3.8, 4) is 11.8 Å². The van der Waals surface area contributed by atoms with Crippen molar-refractivity contribution < 1.29 is 0 Å². The van der Waals surface area contributed by atoms with Crippen LogP contribution in [0.3, 0.4) is 0 Å². The van der Waals surface area contributed by atoms with E-state index >= 15 is 0 Å². The van der Waals surface area contributed by atoms with Crippen LogP contribution in [0.25, 0.3) is 0 Å². The van der Waals surface area contributed by atoms with Gasteiger partial charge in [0, 0.05) is 12.5 Å². The molecule has 68 valence electrons. The summed E-state index contributed by atoms with van der Waals surface area (Å²) in [5.74, 6) is 7.51. The fourth-order valence-electron chi connectivity index (χ4n) is 1.72. The quantitative estimate of drug-likeness (QED) is 0.637. The summed E-state index contributed by atoms with van der Waals surface area (Å²) >= 11 is 0. The molecule has 0 heterocycles. The summed E-state index contributed by atoms with van der Waals surface area (Å²) in [5.41, 5.74) is 6.01. The Kier molecular flexibility index (Phi) is 3.62. The molecule has 0 aliphatic heterocycles. The molecule has 2 unspecified atom stereocenters. The molecule has 0 aromatic rings. The lowest BCUT2D eigenvalue weighted by Crippen LogP contribution is -2.35. The van der Waals surface area contributed by atoms with E-state index in [9.17, 15) is 0 Å². The van der Waals surface area contributed by atoms with Gasteiger partial charge in [0.1, 0.15) is 0 Å². The Bertz CT molecular complexity index is 183. The molecule has 1 fully saturated rings. The third-order valence-electron chi connectivity index (χ3n) is 3.08. The fourth-order valence-corrected chi connectivity index (χ4v) is 1.72. The minimum Gasteiger partial charge on any atom is -0.327 e. The minimum atomic E-state index is 0.294. The molecular weight excluding hydrogens is 146 g/mol. The molecule has 1 rings (SSSR count). The first kappa shape index (κ1) is 9.61. The molecule has 1 heteroatoms. The lowest BCUT2D eigenvalue weighted by molar-refractivity contribution is 0.194. The van der Waals surface area contributed by atoms with E-state index in [1.165, 1.54) is 19.3 Å². The zero-order valence-electron chi connectivity index (χ0n) is 8.14. The van der Waals surface area contributed by atoms with Gasteiger partial charge in [0.2, 0.25) is 0 Å². The summed E-state index contributed by atoms with van der Waals surface area (Å²) in [6, 6.07) is 0.294. The van der Waals surface area contributed by atoms with Gasteiger partial charge >= 0.3 is 0 Å². The molecule has 0 saturated heterocycles. The van der Waals surface area contributed by atoms with Gasteiger partial charge in [-0.2, -0.15) is 0 Å². The summed E-state index contributed by atoms with van der Waals surface area (Å²) in [7, 11) is 0. The van der Waals surface area contributed by atoms with Crippen molar-refractivity contribution in [1.29, 1.82) is 0 Å². The normalized spacial score (nSPS) is 21.9. The highest BCUT2D eigenvalue weighted by Crippen LogP contribution is 2.34. The van der Waals surface area contributed by atoms with Gasteiger partial charge < -0.3 is 5.73 Å². The minimum absolute atomic E-state index is 0.294. The second-order valence-electron chi connectivity index (χ2n) is 3.84. The molecule has 0 aromatic heterocycles. The summed E-state index contributed by atoms with van der Waals surface area (Å²) in [6.45, 7) is 4.15. The molecule has 0 amide bonds. The highest BCUT2D eigenvalue weighted by Gasteiger charge is 2.27. The third kappa shape index (κ3) is 2.25. The number of hydrogen-bond donors (Lipinski definition) is 1.